The lowest BCUT2D eigenvalue weighted by molar-refractivity contribution is -0.136. The summed E-state index contributed by atoms with van der Waals surface area (Å²) >= 11 is 1.54. The average Bonchev–Trinajstić information content (AvgIpc) is 2.87. The lowest BCUT2D eigenvalue weighted by atomic mass is 9.86. The van der Waals surface area contributed by atoms with Crippen LogP contribution in [0.2, 0.25) is 0 Å². The van der Waals surface area contributed by atoms with E-state index in [1.165, 1.54) is 11.3 Å². The first-order valence-corrected chi connectivity index (χ1v) is 8.09. The topological polar surface area (TPSA) is 53.4 Å². The lowest BCUT2D eigenvalue weighted by Gasteiger charge is -2.23. The maximum absolute atomic E-state index is 10.8. The molecule has 1 aromatic carbocycles. The first-order chi connectivity index (χ1) is 10.3. The SMILES string of the molecule is CN(C)c1cccc(CC(C)(C)c2nc(CC(=O)O)cs2)c1. The number of benzene rings is 1. The summed E-state index contributed by atoms with van der Waals surface area (Å²) in [5, 5.41) is 11.7. The van der Waals surface area contributed by atoms with Gasteiger partial charge < -0.3 is 10.0 Å². The number of carboxylic acid groups (broad SMARTS) is 1. The monoisotopic (exact) mass is 318 g/mol. The molecule has 0 atom stereocenters. The van der Waals surface area contributed by atoms with Crippen molar-refractivity contribution in [3.05, 3.63) is 45.9 Å². The van der Waals surface area contributed by atoms with E-state index in [9.17, 15) is 4.79 Å². The van der Waals surface area contributed by atoms with Crippen molar-refractivity contribution in [1.82, 2.24) is 4.98 Å². The second-order valence-electron chi connectivity index (χ2n) is 6.34. The molecule has 4 nitrogen and oxygen atoms in total. The minimum atomic E-state index is -0.839. The van der Waals surface area contributed by atoms with Crippen LogP contribution in [0.4, 0.5) is 5.69 Å². The van der Waals surface area contributed by atoms with Gasteiger partial charge in [-0.15, -0.1) is 11.3 Å². The van der Waals surface area contributed by atoms with Crippen LogP contribution in [0.5, 0.6) is 0 Å². The molecule has 1 heterocycles. The van der Waals surface area contributed by atoms with Gasteiger partial charge in [0.25, 0.3) is 0 Å². The van der Waals surface area contributed by atoms with Gasteiger partial charge in [0.2, 0.25) is 0 Å². The first kappa shape index (κ1) is 16.5. The van der Waals surface area contributed by atoms with Gasteiger partial charge in [-0.3, -0.25) is 4.79 Å². The molecule has 1 N–H and O–H groups in total. The fourth-order valence-corrected chi connectivity index (χ4v) is 3.33. The van der Waals surface area contributed by atoms with Crippen molar-refractivity contribution in [2.45, 2.75) is 32.1 Å². The van der Waals surface area contributed by atoms with E-state index in [4.69, 9.17) is 5.11 Å². The quantitative estimate of drug-likeness (QED) is 0.887. The summed E-state index contributed by atoms with van der Waals surface area (Å²) in [4.78, 5) is 17.4. The van der Waals surface area contributed by atoms with Gasteiger partial charge in [-0.1, -0.05) is 26.0 Å². The third kappa shape index (κ3) is 4.07. The van der Waals surface area contributed by atoms with E-state index in [2.05, 4.69) is 48.0 Å². The van der Waals surface area contributed by atoms with Gasteiger partial charge in [0, 0.05) is 30.6 Å². The third-order valence-corrected chi connectivity index (χ3v) is 4.79. The molecule has 0 saturated heterocycles. The van der Waals surface area contributed by atoms with Crippen molar-refractivity contribution in [1.29, 1.82) is 0 Å². The molecule has 2 rings (SSSR count). The van der Waals surface area contributed by atoms with Gasteiger partial charge in [-0.05, 0) is 24.1 Å². The molecule has 0 saturated carbocycles. The Bertz CT molecular complexity index is 662. The zero-order valence-electron chi connectivity index (χ0n) is 13.5. The van der Waals surface area contributed by atoms with Crippen molar-refractivity contribution < 1.29 is 9.90 Å². The maximum Gasteiger partial charge on any atom is 0.309 e. The number of hydrogen-bond donors (Lipinski definition) is 1. The third-order valence-electron chi connectivity index (χ3n) is 3.54. The predicted octanol–water partition coefficient (Wildman–Crippen LogP) is 3.36. The van der Waals surface area contributed by atoms with Crippen LogP contribution >= 0.6 is 11.3 Å². The van der Waals surface area contributed by atoms with Crippen LogP contribution in [-0.4, -0.2) is 30.2 Å². The molecule has 118 valence electrons. The molecule has 1 aromatic heterocycles. The van der Waals surface area contributed by atoms with Crippen molar-refractivity contribution in [2.75, 3.05) is 19.0 Å². The van der Waals surface area contributed by atoms with Crippen LogP contribution in [-0.2, 0) is 23.1 Å². The average molecular weight is 318 g/mol. The van der Waals surface area contributed by atoms with E-state index < -0.39 is 5.97 Å². The Labute approximate surface area is 135 Å². The normalized spacial score (nSPS) is 11.5. The van der Waals surface area contributed by atoms with E-state index in [0.717, 1.165) is 11.4 Å². The van der Waals surface area contributed by atoms with Gasteiger partial charge in [-0.25, -0.2) is 4.98 Å². The van der Waals surface area contributed by atoms with E-state index in [1.54, 1.807) is 11.3 Å². The molecule has 0 fully saturated rings. The van der Waals surface area contributed by atoms with Gasteiger partial charge in [0.05, 0.1) is 17.1 Å². The highest BCUT2D eigenvalue weighted by atomic mass is 32.1. The second-order valence-corrected chi connectivity index (χ2v) is 7.20. The number of carbonyl (C=O) groups is 1. The van der Waals surface area contributed by atoms with Crippen LogP contribution in [0.3, 0.4) is 0 Å². The highest BCUT2D eigenvalue weighted by Gasteiger charge is 2.25. The largest absolute Gasteiger partial charge is 0.481 e. The molecule has 0 aliphatic heterocycles. The fraction of sp³-hybridized carbons (Fsp3) is 0.412. The summed E-state index contributed by atoms with van der Waals surface area (Å²) in [6.07, 6.45) is 0.859. The molecular weight excluding hydrogens is 296 g/mol. The molecule has 0 aliphatic carbocycles. The molecule has 0 spiro atoms. The number of nitrogens with zero attached hydrogens (tertiary/aromatic N) is 2. The Balaban J connectivity index is 2.18. The van der Waals surface area contributed by atoms with Crippen molar-refractivity contribution >= 4 is 23.0 Å². The van der Waals surface area contributed by atoms with Gasteiger partial charge in [-0.2, -0.15) is 0 Å². The van der Waals surface area contributed by atoms with Gasteiger partial charge >= 0.3 is 5.97 Å². The number of thiazole rings is 1. The second kappa shape index (κ2) is 6.48. The number of aromatic nitrogens is 1. The molecule has 22 heavy (non-hydrogen) atoms. The summed E-state index contributed by atoms with van der Waals surface area (Å²) in [7, 11) is 4.06. The van der Waals surface area contributed by atoms with Crippen molar-refractivity contribution in [3.8, 4) is 0 Å². The molecule has 2 aromatic rings. The Kier molecular flexibility index (Phi) is 4.86. The molecule has 0 amide bonds. The summed E-state index contributed by atoms with van der Waals surface area (Å²) < 4.78 is 0. The van der Waals surface area contributed by atoms with Crippen LogP contribution < -0.4 is 4.90 Å². The number of anilines is 1. The zero-order chi connectivity index (χ0) is 16.3. The summed E-state index contributed by atoms with van der Waals surface area (Å²) in [5.74, 6) is -0.839. The lowest BCUT2D eigenvalue weighted by Crippen LogP contribution is -2.21. The summed E-state index contributed by atoms with van der Waals surface area (Å²) in [6.45, 7) is 4.30. The number of aliphatic carboxylic acids is 1. The predicted molar refractivity (Wildman–Crippen MR) is 91.0 cm³/mol. The molecule has 0 unspecified atom stereocenters. The van der Waals surface area contributed by atoms with E-state index in [-0.39, 0.29) is 11.8 Å². The standard InChI is InChI=1S/C17H22N2O2S/c1-17(2,16-18-13(11-22-16)9-15(20)21)10-12-6-5-7-14(8-12)19(3)4/h5-8,11H,9-10H2,1-4H3,(H,20,21). The molecule has 0 radical (unpaired) electrons. The highest BCUT2D eigenvalue weighted by Crippen LogP contribution is 2.31. The molecule has 5 heteroatoms. The zero-order valence-corrected chi connectivity index (χ0v) is 14.3. The number of hydrogen-bond acceptors (Lipinski definition) is 4. The maximum atomic E-state index is 10.8. The Morgan fingerprint density at radius 2 is 2.09 bits per heavy atom. The van der Waals surface area contributed by atoms with E-state index >= 15 is 0 Å². The summed E-state index contributed by atoms with van der Waals surface area (Å²) in [5.41, 5.74) is 2.96. The molecule has 0 aliphatic rings. The smallest absolute Gasteiger partial charge is 0.309 e. The number of carboxylic acids is 1. The van der Waals surface area contributed by atoms with Crippen LogP contribution in [0.15, 0.2) is 29.6 Å². The Hall–Kier alpha value is -1.88. The fourth-order valence-electron chi connectivity index (χ4n) is 2.38. The Morgan fingerprint density at radius 3 is 2.73 bits per heavy atom. The van der Waals surface area contributed by atoms with Crippen LogP contribution in [0.1, 0.15) is 30.1 Å². The molecule has 0 bridgehead atoms. The van der Waals surface area contributed by atoms with Crippen molar-refractivity contribution in [2.24, 2.45) is 0 Å². The highest BCUT2D eigenvalue weighted by molar-refractivity contribution is 7.09. The minimum absolute atomic E-state index is 0.0112. The van der Waals surface area contributed by atoms with E-state index in [0.29, 0.717) is 5.69 Å². The molecular formula is C17H22N2O2S. The van der Waals surface area contributed by atoms with Gasteiger partial charge in [0.15, 0.2) is 0 Å². The minimum Gasteiger partial charge on any atom is -0.481 e. The van der Waals surface area contributed by atoms with Crippen molar-refractivity contribution in [3.63, 3.8) is 0 Å². The van der Waals surface area contributed by atoms with Crippen LogP contribution in [0.25, 0.3) is 0 Å². The summed E-state index contributed by atoms with van der Waals surface area (Å²) in [6, 6.07) is 8.47. The van der Waals surface area contributed by atoms with Gasteiger partial charge in [0.1, 0.15) is 0 Å². The van der Waals surface area contributed by atoms with Crippen LogP contribution in [0, 0.1) is 0 Å². The Morgan fingerprint density at radius 1 is 1.36 bits per heavy atom. The number of rotatable bonds is 6. The van der Waals surface area contributed by atoms with E-state index in [1.807, 2.05) is 19.5 Å². The first-order valence-electron chi connectivity index (χ1n) is 7.21.